The molecule has 1 unspecified atom stereocenters. The lowest BCUT2D eigenvalue weighted by molar-refractivity contribution is 0.341. The number of hydrogen-bond acceptors (Lipinski definition) is 1. The molecule has 1 aliphatic rings. The van der Waals surface area contributed by atoms with Crippen molar-refractivity contribution in [3.63, 3.8) is 0 Å². The molecule has 0 spiro atoms. The maximum absolute atomic E-state index is 3.99. The normalized spacial score (nSPS) is 21.6. The molecule has 1 aromatic rings. The van der Waals surface area contributed by atoms with Crippen LogP contribution in [0.4, 0.5) is 0 Å². The summed E-state index contributed by atoms with van der Waals surface area (Å²) in [6.45, 7) is 8.58. The standard InChI is InChI=1S/C17H25N/c1-14(2)17-8-6-16(7-9-17)13-15-5-4-11-18(3)12-10-15/h6-9,15H,1,4-5,10-13H2,2-3H3. The van der Waals surface area contributed by atoms with E-state index in [2.05, 4.69) is 49.7 Å². The predicted octanol–water partition coefficient (Wildman–Crippen LogP) is 3.99. The molecule has 0 bridgehead atoms. The van der Waals surface area contributed by atoms with Crippen LogP contribution in [0.3, 0.4) is 0 Å². The molecule has 1 heterocycles. The number of likely N-dealkylation sites (tertiary alicyclic amines) is 1. The fourth-order valence-electron chi connectivity index (χ4n) is 2.77. The van der Waals surface area contributed by atoms with Gasteiger partial charge in [-0.15, -0.1) is 0 Å². The van der Waals surface area contributed by atoms with Crippen LogP contribution in [0.25, 0.3) is 5.57 Å². The van der Waals surface area contributed by atoms with Crippen molar-refractivity contribution in [2.45, 2.75) is 32.6 Å². The third-order valence-corrected chi connectivity index (χ3v) is 4.04. The summed E-state index contributed by atoms with van der Waals surface area (Å²) in [6, 6.07) is 8.97. The average Bonchev–Trinajstić information content (AvgIpc) is 2.55. The monoisotopic (exact) mass is 243 g/mol. The fraction of sp³-hybridized carbons (Fsp3) is 0.529. The highest BCUT2D eigenvalue weighted by atomic mass is 15.1. The Kier molecular flexibility index (Phi) is 4.60. The summed E-state index contributed by atoms with van der Waals surface area (Å²) in [4.78, 5) is 2.46. The van der Waals surface area contributed by atoms with Gasteiger partial charge in [-0.2, -0.15) is 0 Å². The second kappa shape index (κ2) is 6.19. The van der Waals surface area contributed by atoms with Gasteiger partial charge in [0.2, 0.25) is 0 Å². The van der Waals surface area contributed by atoms with Gasteiger partial charge in [0.15, 0.2) is 0 Å². The van der Waals surface area contributed by atoms with E-state index in [-0.39, 0.29) is 0 Å². The largest absolute Gasteiger partial charge is 0.306 e. The third-order valence-electron chi connectivity index (χ3n) is 4.04. The Morgan fingerprint density at radius 2 is 1.94 bits per heavy atom. The lowest BCUT2D eigenvalue weighted by atomic mass is 9.92. The minimum Gasteiger partial charge on any atom is -0.306 e. The minimum absolute atomic E-state index is 0.866. The summed E-state index contributed by atoms with van der Waals surface area (Å²) in [7, 11) is 2.24. The summed E-state index contributed by atoms with van der Waals surface area (Å²) >= 11 is 0. The first kappa shape index (κ1) is 13.4. The van der Waals surface area contributed by atoms with Gasteiger partial charge in [-0.3, -0.25) is 0 Å². The SMILES string of the molecule is C=C(C)c1ccc(CC2CCCN(C)CC2)cc1. The Labute approximate surface area is 112 Å². The van der Waals surface area contributed by atoms with Crippen LogP contribution in [0, 0.1) is 5.92 Å². The molecule has 1 aromatic carbocycles. The lowest BCUT2D eigenvalue weighted by Crippen LogP contribution is -2.19. The lowest BCUT2D eigenvalue weighted by Gasteiger charge is -2.15. The topological polar surface area (TPSA) is 3.24 Å². The molecule has 98 valence electrons. The molecule has 0 aliphatic carbocycles. The summed E-state index contributed by atoms with van der Waals surface area (Å²) in [6.07, 6.45) is 5.32. The van der Waals surface area contributed by atoms with Crippen LogP contribution in [-0.2, 0) is 6.42 Å². The smallest absolute Gasteiger partial charge is 0.00190 e. The molecule has 0 saturated carbocycles. The zero-order valence-corrected chi connectivity index (χ0v) is 11.8. The Morgan fingerprint density at radius 3 is 2.61 bits per heavy atom. The van der Waals surface area contributed by atoms with E-state index in [1.165, 1.54) is 49.9 Å². The number of nitrogens with zero attached hydrogens (tertiary/aromatic N) is 1. The number of benzene rings is 1. The predicted molar refractivity (Wildman–Crippen MR) is 79.7 cm³/mol. The van der Waals surface area contributed by atoms with Crippen molar-refractivity contribution in [1.82, 2.24) is 4.90 Å². The first-order valence-electron chi connectivity index (χ1n) is 7.08. The summed E-state index contributed by atoms with van der Waals surface area (Å²) in [5, 5.41) is 0. The Balaban J connectivity index is 1.94. The molecule has 2 rings (SSSR count). The number of allylic oxidation sites excluding steroid dienone is 1. The van der Waals surface area contributed by atoms with E-state index in [0.717, 1.165) is 11.5 Å². The van der Waals surface area contributed by atoms with E-state index in [0.29, 0.717) is 0 Å². The van der Waals surface area contributed by atoms with Crippen molar-refractivity contribution in [2.75, 3.05) is 20.1 Å². The van der Waals surface area contributed by atoms with Gasteiger partial charge in [-0.1, -0.05) is 36.4 Å². The molecule has 1 nitrogen and oxygen atoms in total. The second-order valence-corrected chi connectivity index (χ2v) is 5.78. The summed E-state index contributed by atoms with van der Waals surface area (Å²) in [5.41, 5.74) is 3.89. The third kappa shape index (κ3) is 3.71. The number of hydrogen-bond donors (Lipinski definition) is 0. The maximum Gasteiger partial charge on any atom is -0.00190 e. The van der Waals surface area contributed by atoms with E-state index in [1.807, 2.05) is 0 Å². The van der Waals surface area contributed by atoms with Gasteiger partial charge >= 0.3 is 0 Å². The van der Waals surface area contributed by atoms with E-state index in [1.54, 1.807) is 0 Å². The van der Waals surface area contributed by atoms with E-state index in [9.17, 15) is 0 Å². The van der Waals surface area contributed by atoms with Crippen molar-refractivity contribution >= 4 is 5.57 Å². The van der Waals surface area contributed by atoms with Gasteiger partial charge in [-0.25, -0.2) is 0 Å². The van der Waals surface area contributed by atoms with Crippen molar-refractivity contribution < 1.29 is 0 Å². The minimum atomic E-state index is 0.866. The summed E-state index contributed by atoms with van der Waals surface area (Å²) < 4.78 is 0. The van der Waals surface area contributed by atoms with Crippen LogP contribution in [0.5, 0.6) is 0 Å². The first-order chi connectivity index (χ1) is 8.65. The van der Waals surface area contributed by atoms with Gasteiger partial charge in [0, 0.05) is 0 Å². The van der Waals surface area contributed by atoms with Gasteiger partial charge in [0.1, 0.15) is 0 Å². The van der Waals surface area contributed by atoms with E-state index < -0.39 is 0 Å². The van der Waals surface area contributed by atoms with E-state index in [4.69, 9.17) is 0 Å². The molecule has 18 heavy (non-hydrogen) atoms. The van der Waals surface area contributed by atoms with Crippen molar-refractivity contribution in [3.05, 3.63) is 42.0 Å². The van der Waals surface area contributed by atoms with Crippen LogP contribution in [0.1, 0.15) is 37.3 Å². The second-order valence-electron chi connectivity index (χ2n) is 5.78. The highest BCUT2D eigenvalue weighted by Crippen LogP contribution is 2.22. The maximum atomic E-state index is 3.99. The van der Waals surface area contributed by atoms with Gasteiger partial charge in [0.05, 0.1) is 0 Å². The Morgan fingerprint density at radius 1 is 1.22 bits per heavy atom. The molecule has 1 aliphatic heterocycles. The quantitative estimate of drug-likeness (QED) is 0.776. The molecule has 1 saturated heterocycles. The van der Waals surface area contributed by atoms with Crippen LogP contribution >= 0.6 is 0 Å². The highest BCUT2D eigenvalue weighted by molar-refractivity contribution is 5.61. The van der Waals surface area contributed by atoms with Gasteiger partial charge in [-0.05, 0) is 69.8 Å². The van der Waals surface area contributed by atoms with Crippen LogP contribution in [0.15, 0.2) is 30.8 Å². The molecular formula is C17H25N. The molecular weight excluding hydrogens is 218 g/mol. The van der Waals surface area contributed by atoms with Gasteiger partial charge in [0.25, 0.3) is 0 Å². The molecule has 0 radical (unpaired) electrons. The molecule has 1 fully saturated rings. The average molecular weight is 243 g/mol. The van der Waals surface area contributed by atoms with Crippen molar-refractivity contribution in [1.29, 1.82) is 0 Å². The number of rotatable bonds is 3. The molecule has 0 amide bonds. The van der Waals surface area contributed by atoms with Crippen LogP contribution in [0.2, 0.25) is 0 Å². The van der Waals surface area contributed by atoms with Gasteiger partial charge < -0.3 is 4.90 Å². The first-order valence-corrected chi connectivity index (χ1v) is 7.08. The van der Waals surface area contributed by atoms with Crippen LogP contribution in [-0.4, -0.2) is 25.0 Å². The fourth-order valence-corrected chi connectivity index (χ4v) is 2.77. The van der Waals surface area contributed by atoms with Crippen LogP contribution < -0.4 is 0 Å². The summed E-state index contributed by atoms with van der Waals surface area (Å²) in [5.74, 6) is 0.866. The molecule has 0 N–H and O–H groups in total. The molecule has 1 heteroatoms. The van der Waals surface area contributed by atoms with Crippen molar-refractivity contribution in [2.24, 2.45) is 5.92 Å². The Hall–Kier alpha value is -1.08. The highest BCUT2D eigenvalue weighted by Gasteiger charge is 2.15. The molecule has 1 atom stereocenters. The zero-order chi connectivity index (χ0) is 13.0. The zero-order valence-electron chi connectivity index (χ0n) is 11.8. The molecule has 0 aromatic heterocycles. The van der Waals surface area contributed by atoms with Crippen molar-refractivity contribution in [3.8, 4) is 0 Å². The van der Waals surface area contributed by atoms with E-state index >= 15 is 0 Å². The Bertz CT molecular complexity index is 391.